The first-order valence-corrected chi connectivity index (χ1v) is 8.66. The Labute approximate surface area is 159 Å². The number of halogens is 1. The van der Waals surface area contributed by atoms with Gasteiger partial charge in [0.05, 0.1) is 6.04 Å². The molecule has 1 amide bonds. The number of amides is 1. The third-order valence-electron chi connectivity index (χ3n) is 4.60. The van der Waals surface area contributed by atoms with E-state index in [9.17, 15) is 4.79 Å². The second-order valence-electron chi connectivity index (χ2n) is 6.36. The maximum atomic E-state index is 12.5. The maximum Gasteiger partial charge on any atom is 0.257 e. The van der Waals surface area contributed by atoms with Crippen LogP contribution in [0.1, 0.15) is 31.2 Å². The van der Waals surface area contributed by atoms with E-state index in [4.69, 9.17) is 15.0 Å². The van der Waals surface area contributed by atoms with Crippen LogP contribution in [-0.2, 0) is 16.0 Å². The lowest BCUT2D eigenvalue weighted by Gasteiger charge is -2.27. The molecule has 142 valence electrons. The van der Waals surface area contributed by atoms with Gasteiger partial charge in [-0.2, -0.15) is 4.98 Å². The Morgan fingerprint density at radius 2 is 2.12 bits per heavy atom. The highest BCUT2D eigenvalue weighted by Gasteiger charge is 2.27. The third kappa shape index (κ3) is 4.60. The molecule has 1 aliphatic rings. The van der Waals surface area contributed by atoms with Crippen molar-refractivity contribution < 1.29 is 14.1 Å². The number of rotatable bonds is 5. The Balaban J connectivity index is 0.00000243. The maximum absolute atomic E-state index is 12.5. The van der Waals surface area contributed by atoms with Gasteiger partial charge in [0.15, 0.2) is 5.82 Å². The first kappa shape index (κ1) is 20.4. The summed E-state index contributed by atoms with van der Waals surface area (Å²) in [6.07, 6.45) is 2.34. The Morgan fingerprint density at radius 3 is 2.77 bits per heavy atom. The topological polar surface area (TPSA) is 103 Å². The molecule has 0 aliphatic carbocycles. The number of anilines is 1. The number of aryl methyl sites for hydroxylation is 2. The van der Waals surface area contributed by atoms with Crippen LogP contribution in [0.5, 0.6) is 0 Å². The van der Waals surface area contributed by atoms with Gasteiger partial charge in [-0.25, -0.2) is 0 Å². The van der Waals surface area contributed by atoms with E-state index in [2.05, 4.69) is 15.5 Å². The van der Waals surface area contributed by atoms with E-state index in [0.29, 0.717) is 37.0 Å². The highest BCUT2D eigenvalue weighted by atomic mass is 35.5. The summed E-state index contributed by atoms with van der Waals surface area (Å²) < 4.78 is 10.6. The van der Waals surface area contributed by atoms with Crippen LogP contribution in [0.25, 0.3) is 11.5 Å². The van der Waals surface area contributed by atoms with Crippen molar-refractivity contribution >= 4 is 24.0 Å². The fraction of sp³-hybridized carbons (Fsp3) is 0.500. The SMILES string of the molecule is CCc1noc(-c2ccc(C)c(NC(=O)C(N)C3CCOCC3)c2)n1.Cl. The molecule has 3 N–H and O–H groups in total. The summed E-state index contributed by atoms with van der Waals surface area (Å²) in [5, 5.41) is 6.85. The van der Waals surface area contributed by atoms with Crippen molar-refractivity contribution in [2.45, 2.75) is 39.2 Å². The summed E-state index contributed by atoms with van der Waals surface area (Å²) in [4.78, 5) is 16.9. The van der Waals surface area contributed by atoms with Crippen molar-refractivity contribution in [1.82, 2.24) is 10.1 Å². The van der Waals surface area contributed by atoms with E-state index >= 15 is 0 Å². The Bertz CT molecular complexity index is 744. The summed E-state index contributed by atoms with van der Waals surface area (Å²) in [5.74, 6) is 1.08. The lowest BCUT2D eigenvalue weighted by Crippen LogP contribution is -2.44. The lowest BCUT2D eigenvalue weighted by atomic mass is 9.91. The van der Waals surface area contributed by atoms with Crippen LogP contribution in [0, 0.1) is 12.8 Å². The Morgan fingerprint density at radius 1 is 1.38 bits per heavy atom. The van der Waals surface area contributed by atoms with Crippen LogP contribution >= 0.6 is 12.4 Å². The Hall–Kier alpha value is -1.96. The van der Waals surface area contributed by atoms with Crippen molar-refractivity contribution in [2.75, 3.05) is 18.5 Å². The lowest BCUT2D eigenvalue weighted by molar-refractivity contribution is -0.119. The van der Waals surface area contributed by atoms with Crippen LogP contribution in [0.3, 0.4) is 0 Å². The van der Waals surface area contributed by atoms with E-state index in [-0.39, 0.29) is 24.2 Å². The summed E-state index contributed by atoms with van der Waals surface area (Å²) in [6.45, 7) is 5.23. The number of nitrogens with zero attached hydrogens (tertiary/aromatic N) is 2. The quantitative estimate of drug-likeness (QED) is 0.826. The zero-order valence-corrected chi connectivity index (χ0v) is 15.8. The van der Waals surface area contributed by atoms with Gasteiger partial charge in [-0.05, 0) is 43.4 Å². The number of hydrogen-bond donors (Lipinski definition) is 2. The van der Waals surface area contributed by atoms with Gasteiger partial charge in [0.1, 0.15) is 0 Å². The van der Waals surface area contributed by atoms with Crippen LogP contribution in [0.15, 0.2) is 22.7 Å². The number of aromatic nitrogens is 2. The summed E-state index contributed by atoms with van der Waals surface area (Å²) in [7, 11) is 0. The fourth-order valence-electron chi connectivity index (χ4n) is 2.91. The van der Waals surface area contributed by atoms with Gasteiger partial charge in [-0.1, -0.05) is 18.1 Å². The zero-order valence-electron chi connectivity index (χ0n) is 15.0. The second kappa shape index (κ2) is 9.12. The highest BCUT2D eigenvalue weighted by molar-refractivity contribution is 5.96. The van der Waals surface area contributed by atoms with Gasteiger partial charge < -0.3 is 20.3 Å². The van der Waals surface area contributed by atoms with Gasteiger partial charge >= 0.3 is 0 Å². The molecule has 1 saturated heterocycles. The predicted molar refractivity (Wildman–Crippen MR) is 101 cm³/mol. The number of carbonyl (C=O) groups is 1. The molecule has 0 bridgehead atoms. The molecule has 2 heterocycles. The van der Waals surface area contributed by atoms with Crippen molar-refractivity contribution in [3.05, 3.63) is 29.6 Å². The van der Waals surface area contributed by atoms with Gasteiger partial charge in [0.2, 0.25) is 5.91 Å². The minimum absolute atomic E-state index is 0. The largest absolute Gasteiger partial charge is 0.381 e. The molecule has 1 aromatic carbocycles. The predicted octanol–water partition coefficient (Wildman–Crippen LogP) is 2.72. The molecule has 8 heteroatoms. The van der Waals surface area contributed by atoms with Crippen LogP contribution in [0.4, 0.5) is 5.69 Å². The van der Waals surface area contributed by atoms with Crippen molar-refractivity contribution in [1.29, 1.82) is 0 Å². The number of nitrogens with one attached hydrogen (secondary N) is 1. The van der Waals surface area contributed by atoms with E-state index in [1.54, 1.807) is 0 Å². The molecule has 1 aromatic heterocycles. The van der Waals surface area contributed by atoms with E-state index in [1.165, 1.54) is 0 Å². The number of benzene rings is 1. The molecular formula is C18H25ClN4O3. The zero-order chi connectivity index (χ0) is 17.8. The summed E-state index contributed by atoms with van der Waals surface area (Å²) in [5.41, 5.74) is 8.58. The molecule has 0 spiro atoms. The molecule has 7 nitrogen and oxygen atoms in total. The molecule has 26 heavy (non-hydrogen) atoms. The molecule has 3 rings (SSSR count). The van der Waals surface area contributed by atoms with Crippen LogP contribution in [-0.4, -0.2) is 35.3 Å². The monoisotopic (exact) mass is 380 g/mol. The van der Waals surface area contributed by atoms with Crippen LogP contribution in [0.2, 0.25) is 0 Å². The van der Waals surface area contributed by atoms with Crippen molar-refractivity contribution in [2.24, 2.45) is 11.7 Å². The number of nitrogens with two attached hydrogens (primary N) is 1. The van der Waals surface area contributed by atoms with Gasteiger partial charge in [0.25, 0.3) is 5.89 Å². The summed E-state index contributed by atoms with van der Waals surface area (Å²) in [6, 6.07) is 5.12. The number of hydrogen-bond acceptors (Lipinski definition) is 6. The van der Waals surface area contributed by atoms with E-state index in [0.717, 1.165) is 24.0 Å². The minimum atomic E-state index is -0.540. The minimum Gasteiger partial charge on any atom is -0.381 e. The van der Waals surface area contributed by atoms with Crippen LogP contribution < -0.4 is 11.1 Å². The molecule has 1 aliphatic heterocycles. The first-order chi connectivity index (χ1) is 12.1. The first-order valence-electron chi connectivity index (χ1n) is 8.66. The molecule has 1 atom stereocenters. The standard InChI is InChI=1S/C18H24N4O3.ClH/c1-3-15-21-18(25-22-15)13-5-4-11(2)14(10-13)20-17(23)16(19)12-6-8-24-9-7-12;/h4-5,10,12,16H,3,6-9,19H2,1-2H3,(H,20,23);1H. The number of ether oxygens (including phenoxy) is 1. The van der Waals surface area contributed by atoms with Crippen molar-refractivity contribution in [3.8, 4) is 11.5 Å². The second-order valence-corrected chi connectivity index (χ2v) is 6.36. The molecule has 0 saturated carbocycles. The summed E-state index contributed by atoms with van der Waals surface area (Å²) >= 11 is 0. The fourth-order valence-corrected chi connectivity index (χ4v) is 2.91. The molecule has 0 radical (unpaired) electrons. The average molecular weight is 381 g/mol. The average Bonchev–Trinajstić information content (AvgIpc) is 3.12. The number of carbonyl (C=O) groups excluding carboxylic acids is 1. The normalized spacial score (nSPS) is 16.0. The van der Waals surface area contributed by atoms with Crippen molar-refractivity contribution in [3.63, 3.8) is 0 Å². The Kier molecular flexibility index (Phi) is 7.14. The van der Waals surface area contributed by atoms with Gasteiger partial charge in [0, 0.05) is 30.9 Å². The molecular weight excluding hydrogens is 356 g/mol. The molecule has 2 aromatic rings. The third-order valence-corrected chi connectivity index (χ3v) is 4.60. The van der Waals surface area contributed by atoms with E-state index < -0.39 is 6.04 Å². The van der Waals surface area contributed by atoms with Gasteiger partial charge in [-0.3, -0.25) is 4.79 Å². The van der Waals surface area contributed by atoms with E-state index in [1.807, 2.05) is 32.0 Å². The molecule has 1 fully saturated rings. The smallest absolute Gasteiger partial charge is 0.257 e. The highest BCUT2D eigenvalue weighted by Crippen LogP contribution is 2.25. The van der Waals surface area contributed by atoms with Gasteiger partial charge in [-0.15, -0.1) is 12.4 Å². The molecule has 1 unspecified atom stereocenters.